The minimum absolute atomic E-state index is 0.571. The fourth-order valence-electron chi connectivity index (χ4n) is 5.62. The predicted molar refractivity (Wildman–Crippen MR) is 165 cm³/mol. The Bertz CT molecular complexity index is 2070. The molecule has 7 aromatic rings. The number of ether oxygens (including phenoxy) is 1. The van der Waals surface area contributed by atoms with E-state index in [2.05, 4.69) is 66.1 Å². The van der Waals surface area contributed by atoms with Crippen LogP contribution >= 0.6 is 0 Å². The van der Waals surface area contributed by atoms with E-state index in [0.717, 1.165) is 55.6 Å². The van der Waals surface area contributed by atoms with Crippen molar-refractivity contribution in [3.8, 4) is 40.2 Å². The van der Waals surface area contributed by atoms with Gasteiger partial charge >= 0.3 is 0 Å². The van der Waals surface area contributed by atoms with Crippen molar-refractivity contribution < 1.29 is 4.74 Å². The number of rotatable bonds is 3. The van der Waals surface area contributed by atoms with Crippen LogP contribution in [0.1, 0.15) is 16.7 Å². The van der Waals surface area contributed by atoms with Crippen LogP contribution in [0.5, 0.6) is 11.5 Å². The maximum Gasteiger partial charge on any atom is 0.238 e. The smallest absolute Gasteiger partial charge is 0.238 e. The van der Waals surface area contributed by atoms with Gasteiger partial charge in [-0.3, -0.25) is 4.57 Å². The molecule has 2 aromatic heterocycles. The summed E-state index contributed by atoms with van der Waals surface area (Å²) in [7, 11) is 0. The maximum absolute atomic E-state index is 6.47. The fourth-order valence-corrected chi connectivity index (χ4v) is 5.62. The Morgan fingerprint density at radius 2 is 1.24 bits per heavy atom. The van der Waals surface area contributed by atoms with Gasteiger partial charge in [0.15, 0.2) is 11.6 Å². The van der Waals surface area contributed by atoms with E-state index in [0.29, 0.717) is 17.6 Å². The van der Waals surface area contributed by atoms with Gasteiger partial charge in [-0.2, -0.15) is 9.97 Å². The molecule has 0 saturated carbocycles. The maximum atomic E-state index is 6.47. The summed E-state index contributed by atoms with van der Waals surface area (Å²) < 4.78 is 8.61. The molecule has 3 heterocycles. The summed E-state index contributed by atoms with van der Waals surface area (Å²) >= 11 is 0. The Morgan fingerprint density at radius 1 is 0.585 bits per heavy atom. The molecular weight excluding hydrogens is 504 g/mol. The molecule has 0 amide bonds. The van der Waals surface area contributed by atoms with E-state index in [1.54, 1.807) is 0 Å². The lowest BCUT2D eigenvalue weighted by Gasteiger charge is -2.12. The van der Waals surface area contributed by atoms with E-state index in [9.17, 15) is 0 Å². The first-order valence-electron chi connectivity index (χ1n) is 13.6. The van der Waals surface area contributed by atoms with Crippen molar-refractivity contribution in [2.45, 2.75) is 6.92 Å². The molecule has 194 valence electrons. The number of aryl methyl sites for hydroxylation is 1. The summed E-state index contributed by atoms with van der Waals surface area (Å²) in [5.41, 5.74) is 7.20. The molecule has 0 bridgehead atoms. The van der Waals surface area contributed by atoms with Gasteiger partial charge in [-0.15, -0.1) is 0 Å². The first-order chi connectivity index (χ1) is 20.2. The molecule has 5 heteroatoms. The summed E-state index contributed by atoms with van der Waals surface area (Å²) in [5.74, 6) is 3.51. The van der Waals surface area contributed by atoms with Crippen LogP contribution in [0.15, 0.2) is 115 Å². The van der Waals surface area contributed by atoms with E-state index >= 15 is 0 Å². The number of hydrogen-bond acceptors (Lipinski definition) is 4. The van der Waals surface area contributed by atoms with Crippen LogP contribution in [0.4, 0.5) is 0 Å². The molecule has 1 aliphatic rings. The van der Waals surface area contributed by atoms with Crippen molar-refractivity contribution in [2.24, 2.45) is 0 Å². The second kappa shape index (κ2) is 9.28. The highest BCUT2D eigenvalue weighted by molar-refractivity contribution is 6.14. The van der Waals surface area contributed by atoms with Gasteiger partial charge in [0.05, 0.1) is 11.0 Å². The van der Waals surface area contributed by atoms with Crippen molar-refractivity contribution in [3.63, 3.8) is 0 Å². The van der Waals surface area contributed by atoms with Gasteiger partial charge in [0.2, 0.25) is 5.95 Å². The summed E-state index contributed by atoms with van der Waals surface area (Å²) in [5, 5.41) is 2.21. The number of nitrogens with zero attached hydrogens (tertiary/aromatic N) is 4. The molecule has 0 saturated heterocycles. The molecule has 0 N–H and O–H groups in total. The van der Waals surface area contributed by atoms with E-state index in [1.165, 1.54) is 5.56 Å². The summed E-state index contributed by atoms with van der Waals surface area (Å²) in [4.78, 5) is 15.0. The SMILES string of the molecule is Cc1ccc2c(c1)C=Cc1c(ccc3c1c1ccccc1n3-c1nc(-c3ccccc3)nc(-c3ccccc3)n1)O2. The van der Waals surface area contributed by atoms with Crippen molar-refractivity contribution in [1.82, 2.24) is 19.5 Å². The average molecular weight is 529 g/mol. The van der Waals surface area contributed by atoms with Gasteiger partial charge < -0.3 is 4.74 Å². The number of benzene rings is 5. The predicted octanol–water partition coefficient (Wildman–Crippen LogP) is 8.89. The summed E-state index contributed by atoms with van der Waals surface area (Å²) in [6, 6.07) is 38.9. The van der Waals surface area contributed by atoms with Crippen LogP contribution in [0.25, 0.3) is 62.7 Å². The zero-order valence-electron chi connectivity index (χ0n) is 22.3. The quantitative estimate of drug-likeness (QED) is 0.230. The van der Waals surface area contributed by atoms with Gasteiger partial charge in [0.25, 0.3) is 0 Å². The second-order valence-electron chi connectivity index (χ2n) is 10.2. The topological polar surface area (TPSA) is 52.8 Å². The highest BCUT2D eigenvalue weighted by Crippen LogP contribution is 2.42. The summed E-state index contributed by atoms with van der Waals surface area (Å²) in [6.45, 7) is 2.10. The van der Waals surface area contributed by atoms with Crippen LogP contribution < -0.4 is 4.74 Å². The third-order valence-electron chi connectivity index (χ3n) is 7.54. The molecule has 8 rings (SSSR count). The van der Waals surface area contributed by atoms with Gasteiger partial charge in [0, 0.05) is 33.0 Å². The van der Waals surface area contributed by atoms with Crippen LogP contribution in [0, 0.1) is 6.92 Å². The molecule has 0 radical (unpaired) electrons. The average Bonchev–Trinajstić information content (AvgIpc) is 3.25. The zero-order valence-corrected chi connectivity index (χ0v) is 22.3. The molecule has 0 fully saturated rings. The van der Waals surface area contributed by atoms with Crippen molar-refractivity contribution in [1.29, 1.82) is 0 Å². The molecule has 0 unspecified atom stereocenters. The van der Waals surface area contributed by atoms with Gasteiger partial charge in [-0.1, -0.05) is 96.6 Å². The van der Waals surface area contributed by atoms with Crippen molar-refractivity contribution >= 4 is 34.0 Å². The first kappa shape index (κ1) is 23.3. The Labute approximate surface area is 237 Å². The molecule has 41 heavy (non-hydrogen) atoms. The van der Waals surface area contributed by atoms with Gasteiger partial charge in [-0.05, 0) is 43.3 Å². The molecule has 1 aliphatic heterocycles. The normalized spacial score (nSPS) is 12.1. The lowest BCUT2D eigenvalue weighted by molar-refractivity contribution is 0.482. The Balaban J connectivity index is 1.42. The molecular formula is C36H24N4O. The zero-order chi connectivity index (χ0) is 27.3. The summed E-state index contributed by atoms with van der Waals surface area (Å²) in [6.07, 6.45) is 4.31. The van der Waals surface area contributed by atoms with Crippen LogP contribution in [0.2, 0.25) is 0 Å². The third-order valence-corrected chi connectivity index (χ3v) is 7.54. The standard InChI is InChI=1S/C36H24N4O/c1-23-16-20-31-26(22-23)17-18-28-32(41-31)21-19-30-33(28)27-14-8-9-15-29(27)40(30)36-38-34(24-10-4-2-5-11-24)37-35(39-36)25-12-6-3-7-13-25/h2-22H,1H3. The molecule has 5 nitrogen and oxygen atoms in total. The monoisotopic (exact) mass is 528 g/mol. The highest BCUT2D eigenvalue weighted by atomic mass is 16.5. The first-order valence-corrected chi connectivity index (χ1v) is 13.6. The Morgan fingerprint density at radius 3 is 1.98 bits per heavy atom. The fraction of sp³-hybridized carbons (Fsp3) is 0.0278. The number of fused-ring (bicyclic) bond motifs is 6. The largest absolute Gasteiger partial charge is 0.456 e. The number of aromatic nitrogens is 4. The van der Waals surface area contributed by atoms with Crippen molar-refractivity contribution in [3.05, 3.63) is 132 Å². The molecule has 0 spiro atoms. The van der Waals surface area contributed by atoms with Crippen LogP contribution in [-0.4, -0.2) is 19.5 Å². The minimum atomic E-state index is 0.571. The van der Waals surface area contributed by atoms with Crippen molar-refractivity contribution in [2.75, 3.05) is 0 Å². The van der Waals surface area contributed by atoms with E-state index in [4.69, 9.17) is 19.7 Å². The second-order valence-corrected chi connectivity index (χ2v) is 10.2. The number of hydrogen-bond donors (Lipinski definition) is 0. The van der Waals surface area contributed by atoms with Gasteiger partial charge in [0.1, 0.15) is 11.5 Å². The third kappa shape index (κ3) is 3.90. The molecule has 0 aliphatic carbocycles. The Kier molecular flexibility index (Phi) is 5.28. The van der Waals surface area contributed by atoms with Crippen LogP contribution in [-0.2, 0) is 0 Å². The van der Waals surface area contributed by atoms with E-state index in [-0.39, 0.29) is 0 Å². The van der Waals surface area contributed by atoms with E-state index < -0.39 is 0 Å². The lowest BCUT2D eigenvalue weighted by atomic mass is 10.0. The number of para-hydroxylation sites is 1. The molecule has 0 atom stereocenters. The Hall–Kier alpha value is -5.55. The van der Waals surface area contributed by atoms with E-state index in [1.807, 2.05) is 72.8 Å². The highest BCUT2D eigenvalue weighted by Gasteiger charge is 2.22. The lowest BCUT2D eigenvalue weighted by Crippen LogP contribution is -2.06. The van der Waals surface area contributed by atoms with Crippen LogP contribution in [0.3, 0.4) is 0 Å². The van der Waals surface area contributed by atoms with Gasteiger partial charge in [-0.25, -0.2) is 4.98 Å². The minimum Gasteiger partial charge on any atom is -0.456 e. The molecule has 5 aromatic carbocycles.